The first-order valence-corrected chi connectivity index (χ1v) is 10.2. The second kappa shape index (κ2) is 8.37. The monoisotopic (exact) mass is 414 g/mol. The van der Waals surface area contributed by atoms with Gasteiger partial charge in [0, 0.05) is 56.3 Å². The molecule has 2 aliphatic heterocycles. The van der Waals surface area contributed by atoms with Crippen molar-refractivity contribution in [3.05, 3.63) is 53.1 Å². The van der Waals surface area contributed by atoms with Gasteiger partial charge in [-0.2, -0.15) is 0 Å². The van der Waals surface area contributed by atoms with Crippen LogP contribution in [0.15, 0.2) is 41.8 Å². The number of rotatable bonds is 5. The van der Waals surface area contributed by atoms with E-state index in [2.05, 4.69) is 10.1 Å². The number of benzene rings is 1. The molecule has 8 heteroatoms. The first kappa shape index (κ1) is 19.6. The van der Waals surface area contributed by atoms with Crippen LogP contribution in [0.3, 0.4) is 0 Å². The van der Waals surface area contributed by atoms with Crippen LogP contribution in [0.25, 0.3) is 0 Å². The zero-order valence-electron chi connectivity index (χ0n) is 16.3. The van der Waals surface area contributed by atoms with Gasteiger partial charge in [-0.1, -0.05) is 28.9 Å². The highest BCUT2D eigenvalue weighted by molar-refractivity contribution is 6.30. The molecule has 2 atom stereocenters. The van der Waals surface area contributed by atoms with Gasteiger partial charge in [0.2, 0.25) is 11.9 Å². The summed E-state index contributed by atoms with van der Waals surface area (Å²) in [6, 6.07) is 7.58. The van der Waals surface area contributed by atoms with Crippen LogP contribution in [0, 0.1) is 5.92 Å². The summed E-state index contributed by atoms with van der Waals surface area (Å²) in [6.07, 6.45) is 5.36. The molecule has 2 aromatic rings. The van der Waals surface area contributed by atoms with Crippen molar-refractivity contribution < 1.29 is 14.4 Å². The van der Waals surface area contributed by atoms with Gasteiger partial charge in [-0.3, -0.25) is 9.59 Å². The first-order valence-electron chi connectivity index (χ1n) is 9.77. The Morgan fingerprint density at radius 2 is 2.21 bits per heavy atom. The second-order valence-electron chi connectivity index (χ2n) is 7.61. The van der Waals surface area contributed by atoms with Gasteiger partial charge in [-0.25, -0.2) is 4.98 Å². The maximum Gasteiger partial charge on any atom is 0.266 e. The van der Waals surface area contributed by atoms with Crippen LogP contribution in [-0.4, -0.2) is 51.0 Å². The lowest BCUT2D eigenvalue weighted by Crippen LogP contribution is -2.46. The maximum atomic E-state index is 12.9. The van der Waals surface area contributed by atoms with E-state index in [-0.39, 0.29) is 17.6 Å². The normalized spacial score (nSPS) is 21.6. The molecule has 2 aliphatic rings. The number of carbonyl (C=O) groups excluding carboxylic acids is 2. The van der Waals surface area contributed by atoms with Crippen LogP contribution in [0.4, 0.5) is 0 Å². The standard InChI is InChI=1S/C21H23ClN4O3/c1-25-9-7-23-20(25)19(27)15-5-3-8-26(13-15)21(28)18-12-17(24-29-18)11-14-4-2-6-16(22)10-14/h2,4,6-7,9-10,15,18H,3,5,8,11-13H2,1H3/t15-,18-/m1/s1. The topological polar surface area (TPSA) is 76.8 Å². The predicted molar refractivity (Wildman–Crippen MR) is 109 cm³/mol. The van der Waals surface area contributed by atoms with Gasteiger partial charge in [0.15, 0.2) is 5.82 Å². The molecule has 0 spiro atoms. The molecule has 0 aliphatic carbocycles. The first-order chi connectivity index (χ1) is 14.0. The highest BCUT2D eigenvalue weighted by Gasteiger charge is 2.36. The number of carbonyl (C=O) groups is 2. The molecule has 1 amide bonds. The van der Waals surface area contributed by atoms with Crippen LogP contribution in [0.5, 0.6) is 0 Å². The Morgan fingerprint density at radius 3 is 2.97 bits per heavy atom. The average Bonchev–Trinajstić information content (AvgIpc) is 3.36. The Kier molecular flexibility index (Phi) is 5.67. The fourth-order valence-electron chi connectivity index (χ4n) is 3.93. The summed E-state index contributed by atoms with van der Waals surface area (Å²) < 4.78 is 1.72. The summed E-state index contributed by atoms with van der Waals surface area (Å²) in [4.78, 5) is 37.0. The van der Waals surface area contributed by atoms with Crippen molar-refractivity contribution in [1.82, 2.24) is 14.5 Å². The van der Waals surface area contributed by atoms with Crippen LogP contribution in [-0.2, 0) is 23.1 Å². The van der Waals surface area contributed by atoms with E-state index in [1.54, 1.807) is 28.9 Å². The smallest absolute Gasteiger partial charge is 0.266 e. The number of amides is 1. The quantitative estimate of drug-likeness (QED) is 0.705. The number of hydrogen-bond donors (Lipinski definition) is 0. The molecular formula is C21H23ClN4O3. The third kappa shape index (κ3) is 4.34. The van der Waals surface area contributed by atoms with Gasteiger partial charge < -0.3 is 14.3 Å². The molecule has 0 radical (unpaired) electrons. The third-order valence-corrected chi connectivity index (χ3v) is 5.68. The van der Waals surface area contributed by atoms with Gasteiger partial charge >= 0.3 is 0 Å². The zero-order chi connectivity index (χ0) is 20.4. The molecular weight excluding hydrogens is 392 g/mol. The molecule has 1 aromatic heterocycles. The Bertz CT molecular complexity index is 955. The lowest BCUT2D eigenvalue weighted by molar-refractivity contribution is -0.143. The van der Waals surface area contributed by atoms with Gasteiger partial charge in [0.05, 0.1) is 5.71 Å². The van der Waals surface area contributed by atoms with E-state index in [0.29, 0.717) is 36.8 Å². The highest BCUT2D eigenvalue weighted by Crippen LogP contribution is 2.24. The summed E-state index contributed by atoms with van der Waals surface area (Å²) in [5.74, 6) is 0.0861. The van der Waals surface area contributed by atoms with E-state index in [4.69, 9.17) is 16.4 Å². The Hall–Kier alpha value is -2.67. The van der Waals surface area contributed by atoms with Gasteiger partial charge in [-0.05, 0) is 30.5 Å². The molecule has 1 fully saturated rings. The minimum absolute atomic E-state index is 0.0137. The summed E-state index contributed by atoms with van der Waals surface area (Å²) in [5.41, 5.74) is 1.86. The third-order valence-electron chi connectivity index (χ3n) is 5.45. The lowest BCUT2D eigenvalue weighted by Gasteiger charge is -2.32. The molecule has 1 aromatic carbocycles. The summed E-state index contributed by atoms with van der Waals surface area (Å²) in [7, 11) is 1.80. The van der Waals surface area contributed by atoms with Crippen molar-refractivity contribution in [3.63, 3.8) is 0 Å². The van der Waals surface area contributed by atoms with Crippen molar-refractivity contribution in [2.24, 2.45) is 18.1 Å². The van der Waals surface area contributed by atoms with Crippen molar-refractivity contribution in [2.75, 3.05) is 13.1 Å². The number of piperidine rings is 1. The second-order valence-corrected chi connectivity index (χ2v) is 8.05. The van der Waals surface area contributed by atoms with Crippen LogP contribution < -0.4 is 0 Å². The predicted octanol–water partition coefficient (Wildman–Crippen LogP) is 2.88. The molecule has 29 heavy (non-hydrogen) atoms. The van der Waals surface area contributed by atoms with Crippen molar-refractivity contribution in [3.8, 4) is 0 Å². The average molecular weight is 415 g/mol. The van der Waals surface area contributed by atoms with Gasteiger partial charge in [0.25, 0.3) is 5.91 Å². The largest absolute Gasteiger partial charge is 0.382 e. The SMILES string of the molecule is Cn1ccnc1C(=O)[C@@H]1CCCN(C(=O)[C@H]2CC(Cc3cccc(Cl)c3)=NO2)C1. The molecule has 3 heterocycles. The number of Topliss-reactive ketones (excluding diaryl/α,β-unsaturated/α-hetero) is 1. The molecule has 0 N–H and O–H groups in total. The number of oxime groups is 1. The summed E-state index contributed by atoms with van der Waals surface area (Å²) >= 11 is 6.03. The number of halogens is 1. The number of hydrogen-bond acceptors (Lipinski definition) is 5. The Balaban J connectivity index is 1.35. The number of nitrogens with zero attached hydrogens (tertiary/aromatic N) is 4. The lowest BCUT2D eigenvalue weighted by atomic mass is 9.92. The van der Waals surface area contributed by atoms with Crippen molar-refractivity contribution in [2.45, 2.75) is 31.8 Å². The van der Waals surface area contributed by atoms with Crippen LogP contribution in [0.1, 0.15) is 35.4 Å². The van der Waals surface area contributed by atoms with Gasteiger partial charge in [0.1, 0.15) is 0 Å². The molecule has 152 valence electrons. The maximum absolute atomic E-state index is 12.9. The number of likely N-dealkylation sites (tertiary alicyclic amines) is 1. The minimum atomic E-state index is -0.619. The van der Waals surface area contributed by atoms with E-state index < -0.39 is 6.10 Å². The number of ketones is 1. The summed E-state index contributed by atoms with van der Waals surface area (Å²) in [5, 5.41) is 4.78. The van der Waals surface area contributed by atoms with E-state index in [0.717, 1.165) is 24.1 Å². The van der Waals surface area contributed by atoms with Crippen molar-refractivity contribution >= 4 is 29.0 Å². The van der Waals surface area contributed by atoms with Crippen LogP contribution in [0.2, 0.25) is 5.02 Å². The fraction of sp³-hybridized carbons (Fsp3) is 0.429. The van der Waals surface area contributed by atoms with E-state index >= 15 is 0 Å². The minimum Gasteiger partial charge on any atom is -0.382 e. The van der Waals surface area contributed by atoms with E-state index in [1.165, 1.54) is 0 Å². The number of aromatic nitrogens is 2. The number of imidazole rings is 1. The van der Waals surface area contributed by atoms with Gasteiger partial charge in [-0.15, -0.1) is 0 Å². The Labute approximate surface area is 174 Å². The van der Waals surface area contributed by atoms with E-state index in [1.807, 2.05) is 24.3 Å². The molecule has 1 saturated heterocycles. The fourth-order valence-corrected chi connectivity index (χ4v) is 4.14. The van der Waals surface area contributed by atoms with E-state index in [9.17, 15) is 9.59 Å². The molecule has 0 saturated carbocycles. The molecule has 4 rings (SSSR count). The molecule has 0 unspecified atom stereocenters. The summed E-state index contributed by atoms with van der Waals surface area (Å²) in [6.45, 7) is 1.03. The zero-order valence-corrected chi connectivity index (χ0v) is 17.0. The van der Waals surface area contributed by atoms with Crippen LogP contribution >= 0.6 is 11.6 Å². The highest BCUT2D eigenvalue weighted by atomic mass is 35.5. The number of aryl methyl sites for hydroxylation is 1. The Morgan fingerprint density at radius 1 is 1.34 bits per heavy atom. The molecule has 0 bridgehead atoms. The molecule has 7 nitrogen and oxygen atoms in total. The van der Waals surface area contributed by atoms with Crippen molar-refractivity contribution in [1.29, 1.82) is 0 Å².